The van der Waals surface area contributed by atoms with Crippen LogP contribution >= 0.6 is 11.3 Å². The fourth-order valence-electron chi connectivity index (χ4n) is 2.94. The molecular formula is C23H16N4O4S. The van der Waals surface area contributed by atoms with Crippen LogP contribution in [0, 0.1) is 10.1 Å². The molecule has 0 radical (unpaired) electrons. The van der Waals surface area contributed by atoms with Crippen LogP contribution in [0.25, 0.3) is 11.3 Å². The fourth-order valence-corrected chi connectivity index (χ4v) is 3.61. The zero-order valence-corrected chi connectivity index (χ0v) is 17.3. The normalized spacial score (nSPS) is 10.9. The summed E-state index contributed by atoms with van der Waals surface area (Å²) < 4.78 is 0. The van der Waals surface area contributed by atoms with E-state index in [0.717, 1.165) is 22.9 Å². The molecule has 9 heteroatoms. The molecular weight excluding hydrogens is 428 g/mol. The lowest BCUT2D eigenvalue weighted by Crippen LogP contribution is -2.04. The first-order valence-electron chi connectivity index (χ1n) is 9.43. The van der Waals surface area contributed by atoms with Gasteiger partial charge in [-0.05, 0) is 23.8 Å². The largest absolute Gasteiger partial charge is 0.478 e. The molecule has 0 aliphatic rings. The Morgan fingerprint density at radius 3 is 2.53 bits per heavy atom. The number of aromatic nitrogens is 1. The summed E-state index contributed by atoms with van der Waals surface area (Å²) in [5, 5.41) is 25.8. The number of rotatable bonds is 7. The molecule has 0 saturated carbocycles. The minimum Gasteiger partial charge on any atom is -0.478 e. The van der Waals surface area contributed by atoms with Crippen molar-refractivity contribution >= 4 is 45.7 Å². The molecule has 0 spiro atoms. The van der Waals surface area contributed by atoms with E-state index < -0.39 is 10.9 Å². The van der Waals surface area contributed by atoms with Gasteiger partial charge in [0.1, 0.15) is 0 Å². The number of nitrogens with zero attached hydrogens (tertiary/aromatic N) is 3. The summed E-state index contributed by atoms with van der Waals surface area (Å²) in [4.78, 5) is 30.7. The van der Waals surface area contributed by atoms with Gasteiger partial charge in [0.2, 0.25) is 5.13 Å². The van der Waals surface area contributed by atoms with Crippen molar-refractivity contribution in [2.75, 3.05) is 5.32 Å². The number of anilines is 2. The number of hydrogen-bond donors (Lipinski definition) is 2. The number of hydrogen-bond acceptors (Lipinski definition) is 7. The molecule has 0 amide bonds. The Labute approximate surface area is 186 Å². The quantitative estimate of drug-likeness (QED) is 0.208. The predicted molar refractivity (Wildman–Crippen MR) is 125 cm³/mol. The highest BCUT2D eigenvalue weighted by Crippen LogP contribution is 2.29. The van der Waals surface area contributed by atoms with E-state index in [4.69, 9.17) is 0 Å². The van der Waals surface area contributed by atoms with Crippen LogP contribution in [0.1, 0.15) is 15.9 Å². The van der Waals surface area contributed by atoms with Crippen molar-refractivity contribution < 1.29 is 14.8 Å². The summed E-state index contributed by atoms with van der Waals surface area (Å²) in [6.07, 6.45) is 1.76. The molecule has 0 aliphatic heterocycles. The van der Waals surface area contributed by atoms with Gasteiger partial charge in [-0.3, -0.25) is 10.1 Å². The van der Waals surface area contributed by atoms with Gasteiger partial charge in [-0.25, -0.2) is 14.8 Å². The van der Waals surface area contributed by atoms with E-state index in [1.807, 2.05) is 47.8 Å². The smallest absolute Gasteiger partial charge is 0.338 e. The van der Waals surface area contributed by atoms with Crippen molar-refractivity contribution in [1.29, 1.82) is 0 Å². The molecule has 2 N–H and O–H groups in total. The van der Waals surface area contributed by atoms with Crippen LogP contribution < -0.4 is 5.32 Å². The third-order valence-corrected chi connectivity index (χ3v) is 5.27. The zero-order valence-electron chi connectivity index (χ0n) is 16.5. The van der Waals surface area contributed by atoms with Crippen LogP contribution in [-0.4, -0.2) is 27.2 Å². The summed E-state index contributed by atoms with van der Waals surface area (Å²) >= 11 is 1.43. The number of nitrogens with one attached hydrogen (secondary N) is 1. The number of carboxylic acid groups (broad SMARTS) is 1. The van der Waals surface area contributed by atoms with E-state index in [2.05, 4.69) is 15.3 Å². The van der Waals surface area contributed by atoms with Crippen LogP contribution in [0.5, 0.6) is 0 Å². The minimum absolute atomic E-state index is 0.177. The van der Waals surface area contributed by atoms with Gasteiger partial charge in [-0.15, -0.1) is 11.3 Å². The number of nitro benzene ring substituents is 1. The van der Waals surface area contributed by atoms with Crippen molar-refractivity contribution in [3.8, 4) is 11.3 Å². The van der Waals surface area contributed by atoms with Crippen molar-refractivity contribution in [1.82, 2.24) is 4.98 Å². The highest BCUT2D eigenvalue weighted by atomic mass is 32.1. The van der Waals surface area contributed by atoms with Gasteiger partial charge in [0.25, 0.3) is 5.69 Å². The van der Waals surface area contributed by atoms with Crippen molar-refractivity contribution in [3.63, 3.8) is 0 Å². The van der Waals surface area contributed by atoms with Crippen molar-refractivity contribution in [2.45, 2.75) is 0 Å². The number of benzene rings is 3. The monoisotopic (exact) mass is 444 g/mol. The second-order valence-corrected chi connectivity index (χ2v) is 7.52. The Bertz CT molecular complexity index is 1300. The maximum absolute atomic E-state index is 11.5. The molecule has 0 unspecified atom stereocenters. The van der Waals surface area contributed by atoms with E-state index in [9.17, 15) is 20.0 Å². The maximum atomic E-state index is 11.5. The van der Waals surface area contributed by atoms with Gasteiger partial charge in [-0.1, -0.05) is 42.5 Å². The number of aromatic carboxylic acids is 1. The van der Waals surface area contributed by atoms with Crippen molar-refractivity contribution in [2.24, 2.45) is 4.99 Å². The Kier molecular flexibility index (Phi) is 6.00. The van der Waals surface area contributed by atoms with Gasteiger partial charge in [0, 0.05) is 35.0 Å². The molecule has 0 bridgehead atoms. The number of aliphatic imine (C=N–C) groups is 1. The zero-order chi connectivity index (χ0) is 22.5. The van der Waals surface area contributed by atoms with Crippen LogP contribution in [-0.2, 0) is 0 Å². The molecule has 8 nitrogen and oxygen atoms in total. The first-order valence-corrected chi connectivity index (χ1v) is 10.3. The summed E-state index contributed by atoms with van der Waals surface area (Å²) in [7, 11) is 0. The highest BCUT2D eigenvalue weighted by molar-refractivity contribution is 7.13. The lowest BCUT2D eigenvalue weighted by Gasteiger charge is -2.10. The fraction of sp³-hybridized carbons (Fsp3) is 0. The number of thiazole rings is 1. The molecule has 32 heavy (non-hydrogen) atoms. The summed E-state index contributed by atoms with van der Waals surface area (Å²) in [6.45, 7) is 0. The topological polar surface area (TPSA) is 118 Å². The Morgan fingerprint density at radius 1 is 1.09 bits per heavy atom. The van der Waals surface area contributed by atoms with Gasteiger partial charge in [0.05, 0.1) is 21.9 Å². The summed E-state index contributed by atoms with van der Waals surface area (Å²) in [5.74, 6) is -1.25. The SMILES string of the molecule is O=C(O)c1cc([N+](=O)[O-])ccc1Nc1ccc(-c2csc(/N=C/c3ccccc3)n2)cc1. The molecule has 0 saturated heterocycles. The standard InChI is InChI=1S/C23H16N4O4S/c28-22(29)19-12-18(27(30)31)10-11-20(19)25-17-8-6-16(7-9-17)21-14-32-23(26-21)24-13-15-4-2-1-3-5-15/h1-14,25H,(H,28,29)/b24-13+. The lowest BCUT2D eigenvalue weighted by molar-refractivity contribution is -0.384. The highest BCUT2D eigenvalue weighted by Gasteiger charge is 2.16. The third-order valence-electron chi connectivity index (χ3n) is 4.52. The first kappa shape index (κ1) is 20.9. The molecule has 3 aromatic carbocycles. The van der Waals surface area contributed by atoms with Gasteiger partial charge in [-0.2, -0.15) is 0 Å². The Morgan fingerprint density at radius 2 is 1.84 bits per heavy atom. The Balaban J connectivity index is 1.50. The second-order valence-electron chi connectivity index (χ2n) is 6.68. The molecule has 1 aromatic heterocycles. The van der Waals surface area contributed by atoms with Gasteiger partial charge >= 0.3 is 5.97 Å². The van der Waals surface area contributed by atoms with Crippen LogP contribution in [0.4, 0.5) is 22.2 Å². The summed E-state index contributed by atoms with van der Waals surface area (Å²) in [6, 6.07) is 20.7. The number of non-ortho nitro benzene ring substituents is 1. The molecule has 158 valence electrons. The third kappa shape index (κ3) is 4.85. The average molecular weight is 444 g/mol. The van der Waals surface area contributed by atoms with Crippen LogP contribution in [0.2, 0.25) is 0 Å². The number of carbonyl (C=O) groups is 1. The summed E-state index contributed by atoms with van der Waals surface area (Å²) in [5.41, 5.74) is 3.11. The van der Waals surface area contributed by atoms with E-state index in [0.29, 0.717) is 10.8 Å². The minimum atomic E-state index is -1.25. The number of nitro groups is 1. The molecule has 4 aromatic rings. The molecule has 0 atom stereocenters. The maximum Gasteiger partial charge on any atom is 0.338 e. The van der Waals surface area contributed by atoms with Crippen LogP contribution in [0.15, 0.2) is 83.2 Å². The van der Waals surface area contributed by atoms with Crippen LogP contribution in [0.3, 0.4) is 0 Å². The van der Waals surface area contributed by atoms with Crippen molar-refractivity contribution in [3.05, 3.63) is 99.4 Å². The second kappa shape index (κ2) is 9.19. The van der Waals surface area contributed by atoms with Gasteiger partial charge < -0.3 is 10.4 Å². The average Bonchev–Trinajstić information content (AvgIpc) is 3.28. The predicted octanol–water partition coefficient (Wildman–Crippen LogP) is 5.91. The molecule has 4 rings (SSSR count). The van der Waals surface area contributed by atoms with E-state index in [-0.39, 0.29) is 16.9 Å². The van der Waals surface area contributed by atoms with Gasteiger partial charge in [0.15, 0.2) is 0 Å². The number of carboxylic acids is 1. The van der Waals surface area contributed by atoms with E-state index in [1.54, 1.807) is 18.3 Å². The lowest BCUT2D eigenvalue weighted by atomic mass is 10.1. The Hall–Kier alpha value is -4.37. The van der Waals surface area contributed by atoms with E-state index in [1.165, 1.54) is 23.5 Å². The first-order chi connectivity index (χ1) is 15.5. The molecule has 0 fully saturated rings. The molecule has 0 aliphatic carbocycles. The molecule has 1 heterocycles. The van der Waals surface area contributed by atoms with E-state index >= 15 is 0 Å².